The Morgan fingerprint density at radius 1 is 0.428 bits per heavy atom. The van der Waals surface area contributed by atoms with Gasteiger partial charge in [-0.05, 0) is 281 Å². The molecule has 20 rings (SSSR count). The number of hydrogen-bond donors (Lipinski definition) is 6. The SMILES string of the molecule is CN(C)C1(c2ccccc2)CCC2(CC1)CN(c1cccc(C(N)=O)c1)C(=O)N2CC1CCC1.CN(C)C1(c2ccccc2)CCC2(CC1)CN(c1ccccc1C(N)=O)C(=O)N2CC1CCC1.CN(C)C1(c2ccccc2)CCC2(CC1)CN(c1cnc(C(N)=O)nc1)C(=O)N2CC1(O)CCC1.CNC1(c2ccccc2)CCC2(CC1)CN(c1cnc(C#N)nc1OC)C(=O)N2CC1(O)CCC1. The van der Waals surface area contributed by atoms with Crippen molar-refractivity contribution in [2.24, 2.45) is 29.0 Å². The summed E-state index contributed by atoms with van der Waals surface area (Å²) in [6.45, 7) is 4.55. The molecule has 9 N–H and O–H groups in total. The van der Waals surface area contributed by atoms with Gasteiger partial charge in [-0.3, -0.25) is 48.7 Å². The number of primary amides is 3. The molecule has 11 amide bonds. The number of amides is 11. The first-order valence-electron chi connectivity index (χ1n) is 49.7. The fourth-order valence-corrected chi connectivity index (χ4v) is 24.9. The van der Waals surface area contributed by atoms with Gasteiger partial charge in [0.25, 0.3) is 11.8 Å². The first-order valence-corrected chi connectivity index (χ1v) is 49.7. The summed E-state index contributed by atoms with van der Waals surface area (Å²) in [6.07, 6.45) is 31.2. The molecule has 2 aromatic heterocycles. The average Bonchev–Trinajstić information content (AvgIpc) is 1.58. The summed E-state index contributed by atoms with van der Waals surface area (Å²) >= 11 is 0. The predicted molar refractivity (Wildman–Crippen MR) is 531 cm³/mol. The lowest BCUT2D eigenvalue weighted by Crippen LogP contribution is -2.59. The van der Waals surface area contributed by atoms with Gasteiger partial charge in [-0.25, -0.2) is 34.1 Å². The zero-order valence-electron chi connectivity index (χ0n) is 81.6. The van der Waals surface area contributed by atoms with Crippen LogP contribution in [0, 0.1) is 23.2 Å². The number of aromatic nitrogens is 4. The largest absolute Gasteiger partial charge is 0.479 e. The van der Waals surface area contributed by atoms with Gasteiger partial charge in [0, 0.05) is 46.5 Å². The molecule has 4 spiro atoms. The van der Waals surface area contributed by atoms with Gasteiger partial charge in [0.05, 0.1) is 115 Å². The van der Waals surface area contributed by atoms with E-state index in [-0.39, 0.29) is 80.4 Å². The molecule has 12 fully saturated rings. The number of carbonyl (C=O) groups is 7. The van der Waals surface area contributed by atoms with Crippen molar-refractivity contribution in [3.05, 3.63) is 233 Å². The third-order valence-electron chi connectivity index (χ3n) is 34.5. The molecule has 8 aliphatic carbocycles. The fraction of sp³-hybridized carbons (Fsp3) is 0.519. The summed E-state index contributed by atoms with van der Waals surface area (Å²) < 4.78 is 5.43. The minimum Gasteiger partial charge on any atom is -0.479 e. The van der Waals surface area contributed by atoms with E-state index in [4.69, 9.17) is 21.9 Å². The van der Waals surface area contributed by atoms with E-state index in [0.29, 0.717) is 92.1 Å². The van der Waals surface area contributed by atoms with Crippen LogP contribution in [0.3, 0.4) is 0 Å². The number of urea groups is 4. The van der Waals surface area contributed by atoms with E-state index >= 15 is 0 Å². The molecule has 4 aliphatic heterocycles. The Hall–Kier alpha value is -12.0. The standard InChI is InChI=1S/2C28H36N4O2.C26H32N6O3.C26H34N6O3/c1-30(2)28(23-11-4-3-5-12-23)16-14-27(15-17-28)20-31(24-13-7-10-22(18-24)25(29)33)26(34)32(27)19-21-8-6-9-21;1-30(2)28(22-11-4-3-5-12-22)17-15-27(16-18-28)20-31(24-14-7-6-13-23(24)25(29)33)26(34)32(27)19-21-9-8-10-21;1-28-26(19-7-4-3-5-8-19)13-11-24(12-14-26)17-31(20-16-29-21(15-27)30-22(20)35-2)23(33)32(24)18-25(34)9-6-10-25;1-30(2)26(19-7-4-3-5-8-19)13-11-24(12-14-26)17-31(20-15-28-22(21(27)33)29-16-20)23(34)32(24)18-25(35)9-6-10-25/h3-5,7,10-13,18,21H,6,8-9,14-17,19-20H2,1-2H3,(H2,29,33);3-7,11-14,21H,8-10,15-20H2,1-2H3,(H2,29,33);3-5,7-8,16,28,34H,6,9-14,17-18H2,1-2H3;3-5,7-8,15-16,35H,6,9-14,17-18H2,1-2H3,(H2,27,33). The first kappa shape index (κ1) is 97.7. The number of benzene rings is 6. The van der Waals surface area contributed by atoms with Crippen molar-refractivity contribution in [3.63, 3.8) is 0 Å². The second-order valence-electron chi connectivity index (χ2n) is 42.2. The highest BCUT2D eigenvalue weighted by Gasteiger charge is 2.62. The molecule has 138 heavy (non-hydrogen) atoms. The van der Waals surface area contributed by atoms with Crippen LogP contribution in [0.15, 0.2) is 188 Å². The molecule has 8 aromatic rings. The number of rotatable bonds is 24. The second kappa shape index (κ2) is 39.4. The lowest BCUT2D eigenvalue weighted by Gasteiger charge is -2.52. The topological polar surface area (TPSA) is 370 Å². The van der Waals surface area contributed by atoms with Crippen LogP contribution >= 0.6 is 0 Å². The number of nitrogens with zero attached hydrogens (tertiary/aromatic N) is 16. The maximum Gasteiger partial charge on any atom is 0.325 e. The third kappa shape index (κ3) is 18.4. The third-order valence-corrected chi connectivity index (χ3v) is 34.5. The van der Waals surface area contributed by atoms with Crippen molar-refractivity contribution in [1.82, 2.24) is 59.6 Å². The van der Waals surface area contributed by atoms with Crippen LogP contribution in [0.4, 0.5) is 41.9 Å². The van der Waals surface area contributed by atoms with Crippen LogP contribution in [0.2, 0.25) is 0 Å². The van der Waals surface area contributed by atoms with E-state index in [1.165, 1.54) is 86.5 Å². The molecular weight excluding hydrogens is 1740 g/mol. The fourth-order valence-electron chi connectivity index (χ4n) is 24.9. The highest BCUT2D eigenvalue weighted by atomic mass is 16.5. The number of nitrogens with two attached hydrogens (primary N) is 3. The minimum atomic E-state index is -0.832. The number of aliphatic hydroxyl groups is 2. The molecular formula is C108H138N20O10. The van der Waals surface area contributed by atoms with Crippen LogP contribution in [0.5, 0.6) is 5.88 Å². The number of methoxy groups -OCH3 is 1. The van der Waals surface area contributed by atoms with Crippen LogP contribution < -0.4 is 46.9 Å². The Bertz CT molecular complexity index is 5740. The summed E-state index contributed by atoms with van der Waals surface area (Å²) in [4.78, 5) is 129. The minimum absolute atomic E-state index is 0.00748. The van der Waals surface area contributed by atoms with Gasteiger partial charge >= 0.3 is 24.1 Å². The molecule has 6 aromatic carbocycles. The molecule has 0 radical (unpaired) electrons. The van der Waals surface area contributed by atoms with E-state index in [1.807, 2.05) is 69.1 Å². The summed E-state index contributed by atoms with van der Waals surface area (Å²) in [5, 5.41) is 34.8. The van der Waals surface area contributed by atoms with Gasteiger partial charge in [0.1, 0.15) is 11.8 Å². The molecule has 30 nitrogen and oxygen atoms in total. The Balaban J connectivity index is 0.000000127. The summed E-state index contributed by atoms with van der Waals surface area (Å²) in [5.74, 6) is -0.357. The van der Waals surface area contributed by atoms with Crippen LogP contribution in [-0.2, 0) is 22.2 Å². The second-order valence-corrected chi connectivity index (χ2v) is 42.2. The molecule has 30 heteroatoms. The predicted octanol–water partition coefficient (Wildman–Crippen LogP) is 14.6. The molecule has 0 bridgehead atoms. The number of nitriles is 1. The number of hydrogen-bond acceptors (Lipinski definition) is 19. The van der Waals surface area contributed by atoms with Crippen molar-refractivity contribution in [2.75, 3.05) is 128 Å². The monoisotopic (exact) mass is 1880 g/mol. The van der Waals surface area contributed by atoms with Crippen molar-refractivity contribution in [2.45, 2.75) is 235 Å². The lowest BCUT2D eigenvalue weighted by atomic mass is 9.67. The molecule has 6 heterocycles. The molecule has 730 valence electrons. The van der Waals surface area contributed by atoms with E-state index < -0.39 is 34.5 Å². The summed E-state index contributed by atoms with van der Waals surface area (Å²) in [5.41, 5.74) is 21.8. The number of nitrogens with one attached hydrogen (secondary N) is 1. The van der Waals surface area contributed by atoms with Crippen molar-refractivity contribution >= 4 is 64.6 Å². The van der Waals surface area contributed by atoms with E-state index in [9.17, 15) is 49.0 Å². The van der Waals surface area contributed by atoms with Gasteiger partial charge < -0.3 is 57.1 Å². The van der Waals surface area contributed by atoms with Gasteiger partial charge in [-0.1, -0.05) is 152 Å². The van der Waals surface area contributed by atoms with Crippen LogP contribution in [0.25, 0.3) is 0 Å². The molecule has 0 atom stereocenters. The normalized spacial score (nSPS) is 27.6. The number of ether oxygens (including phenoxy) is 1. The quantitative estimate of drug-likeness (QED) is 0.0327. The van der Waals surface area contributed by atoms with Crippen LogP contribution in [-0.4, -0.2) is 248 Å². The average molecular weight is 1880 g/mol. The smallest absolute Gasteiger partial charge is 0.325 e. The number of para-hydroxylation sites is 1. The molecule has 8 saturated carbocycles. The maximum absolute atomic E-state index is 13.9. The highest BCUT2D eigenvalue weighted by molar-refractivity contribution is 6.05. The maximum atomic E-state index is 13.9. The Morgan fingerprint density at radius 2 is 0.804 bits per heavy atom. The van der Waals surface area contributed by atoms with Crippen molar-refractivity contribution < 1.29 is 48.5 Å². The van der Waals surface area contributed by atoms with Crippen LogP contribution in [0.1, 0.15) is 239 Å². The Morgan fingerprint density at radius 3 is 1.18 bits per heavy atom. The van der Waals surface area contributed by atoms with Gasteiger partial charge in [-0.2, -0.15) is 10.2 Å². The highest BCUT2D eigenvalue weighted by Crippen LogP contribution is 2.57. The Kier molecular flexibility index (Phi) is 27.9. The summed E-state index contributed by atoms with van der Waals surface area (Å²) in [7, 11) is 16.4. The summed E-state index contributed by atoms with van der Waals surface area (Å²) in [6, 6.07) is 58.8. The molecule has 0 unspecified atom stereocenters. The van der Waals surface area contributed by atoms with Gasteiger partial charge in [0.2, 0.25) is 23.4 Å². The Labute approximate surface area is 811 Å². The van der Waals surface area contributed by atoms with E-state index in [2.05, 4.69) is 201 Å². The van der Waals surface area contributed by atoms with Crippen molar-refractivity contribution in [1.29, 1.82) is 5.26 Å². The molecule has 4 saturated heterocycles. The number of β-amino-alcohol motifs (C(OH)–C–C–N with tert-alkyl or cyclic N) is 2. The van der Waals surface area contributed by atoms with Gasteiger partial charge in [-0.15, -0.1) is 0 Å². The zero-order chi connectivity index (χ0) is 97.4. The first-order chi connectivity index (χ1) is 66.3. The lowest BCUT2D eigenvalue weighted by molar-refractivity contribution is -0.0725. The van der Waals surface area contributed by atoms with E-state index in [1.54, 1.807) is 34.1 Å². The zero-order valence-corrected chi connectivity index (χ0v) is 81.6. The van der Waals surface area contributed by atoms with Crippen molar-refractivity contribution in [3.8, 4) is 11.9 Å². The number of anilines is 4. The van der Waals surface area contributed by atoms with Gasteiger partial charge in [0.15, 0.2) is 0 Å². The molecule has 12 aliphatic rings. The van der Waals surface area contributed by atoms with E-state index in [0.717, 1.165) is 147 Å². The number of carbonyl (C=O) groups excluding carboxylic acids is 7.